The Labute approximate surface area is 94.4 Å². The second-order valence-corrected chi connectivity index (χ2v) is 3.00. The first-order valence-corrected chi connectivity index (χ1v) is 4.32. The average Bonchev–Trinajstić information content (AvgIpc) is 2.65. The first-order valence-electron chi connectivity index (χ1n) is 4.32. The van der Waals surface area contributed by atoms with Gasteiger partial charge in [0.1, 0.15) is 5.82 Å². The lowest BCUT2D eigenvalue weighted by atomic mass is 10.2. The fourth-order valence-electron chi connectivity index (χ4n) is 1.35. The van der Waals surface area contributed by atoms with Gasteiger partial charge in [0.25, 0.3) is 0 Å². The molecule has 0 aliphatic carbocycles. The van der Waals surface area contributed by atoms with Gasteiger partial charge < -0.3 is 4.57 Å². The van der Waals surface area contributed by atoms with Crippen molar-refractivity contribution in [2.24, 2.45) is 0 Å². The molecule has 0 radical (unpaired) electrons. The molecule has 0 aliphatic heterocycles. The molecule has 0 aliphatic rings. The Hall–Kier alpha value is -1.79. The molecule has 76 valence electrons. The Bertz CT molecular complexity index is 479. The van der Waals surface area contributed by atoms with E-state index in [1.54, 1.807) is 18.3 Å². The van der Waals surface area contributed by atoms with E-state index in [9.17, 15) is 0 Å². The predicted octanol–water partition coefficient (Wildman–Crippen LogP) is 2.47. The van der Waals surface area contributed by atoms with Crippen LogP contribution in [0.4, 0.5) is 0 Å². The number of aromatic nitrogens is 2. The molecule has 0 saturated carbocycles. The van der Waals surface area contributed by atoms with E-state index >= 15 is 0 Å². The SMILES string of the molecule is Cc1nccn1-c1ccc(C#N)cc1.Cl. The monoisotopic (exact) mass is 219 g/mol. The highest BCUT2D eigenvalue weighted by atomic mass is 35.5. The predicted molar refractivity (Wildman–Crippen MR) is 60.3 cm³/mol. The fraction of sp³-hybridized carbons (Fsp3) is 0.0909. The molecule has 0 fully saturated rings. The maximum absolute atomic E-state index is 8.64. The number of imidazole rings is 1. The second kappa shape index (κ2) is 4.63. The third-order valence-corrected chi connectivity index (χ3v) is 2.10. The van der Waals surface area contributed by atoms with Crippen molar-refractivity contribution in [3.8, 4) is 11.8 Å². The number of halogens is 1. The Morgan fingerprint density at radius 2 is 1.93 bits per heavy atom. The summed E-state index contributed by atoms with van der Waals surface area (Å²) < 4.78 is 1.97. The molecule has 0 atom stereocenters. The number of hydrogen-bond acceptors (Lipinski definition) is 2. The number of rotatable bonds is 1. The highest BCUT2D eigenvalue weighted by Gasteiger charge is 1.99. The average molecular weight is 220 g/mol. The van der Waals surface area contributed by atoms with Gasteiger partial charge >= 0.3 is 0 Å². The van der Waals surface area contributed by atoms with Crippen LogP contribution < -0.4 is 0 Å². The first-order chi connectivity index (χ1) is 6.81. The van der Waals surface area contributed by atoms with Gasteiger partial charge in [-0.25, -0.2) is 4.98 Å². The van der Waals surface area contributed by atoms with Gasteiger partial charge in [0.15, 0.2) is 0 Å². The molecule has 2 rings (SSSR count). The summed E-state index contributed by atoms with van der Waals surface area (Å²) in [5, 5.41) is 8.64. The molecule has 0 unspecified atom stereocenters. The lowest BCUT2D eigenvalue weighted by Gasteiger charge is -2.03. The molecule has 0 bridgehead atoms. The zero-order chi connectivity index (χ0) is 9.97. The van der Waals surface area contributed by atoms with Crippen molar-refractivity contribution < 1.29 is 0 Å². The number of nitrogens with zero attached hydrogens (tertiary/aromatic N) is 3. The van der Waals surface area contributed by atoms with E-state index in [4.69, 9.17) is 5.26 Å². The van der Waals surface area contributed by atoms with Crippen LogP contribution >= 0.6 is 12.4 Å². The summed E-state index contributed by atoms with van der Waals surface area (Å²) in [7, 11) is 0. The normalized spacial score (nSPS) is 9.07. The Kier molecular flexibility index (Phi) is 3.48. The molecule has 1 aromatic carbocycles. The van der Waals surface area contributed by atoms with E-state index in [0.29, 0.717) is 5.56 Å². The maximum atomic E-state index is 8.64. The van der Waals surface area contributed by atoms with Gasteiger partial charge in [-0.2, -0.15) is 5.26 Å². The van der Waals surface area contributed by atoms with Crippen LogP contribution in [0.3, 0.4) is 0 Å². The van der Waals surface area contributed by atoms with Crippen molar-refractivity contribution in [2.75, 3.05) is 0 Å². The summed E-state index contributed by atoms with van der Waals surface area (Å²) >= 11 is 0. The quantitative estimate of drug-likeness (QED) is 0.740. The minimum Gasteiger partial charge on any atom is -0.304 e. The first kappa shape index (κ1) is 11.3. The van der Waals surface area contributed by atoms with Crippen LogP contribution in [0.2, 0.25) is 0 Å². The van der Waals surface area contributed by atoms with Crippen molar-refractivity contribution >= 4 is 12.4 Å². The molecule has 3 nitrogen and oxygen atoms in total. The van der Waals surface area contributed by atoms with Gasteiger partial charge in [0, 0.05) is 18.1 Å². The lowest BCUT2D eigenvalue weighted by Crippen LogP contribution is -1.94. The third-order valence-electron chi connectivity index (χ3n) is 2.10. The van der Waals surface area contributed by atoms with Crippen LogP contribution in [0.5, 0.6) is 0 Å². The zero-order valence-electron chi connectivity index (χ0n) is 8.21. The van der Waals surface area contributed by atoms with Crippen molar-refractivity contribution in [1.82, 2.24) is 9.55 Å². The standard InChI is InChI=1S/C11H9N3.ClH/c1-9-13-6-7-14(9)11-4-2-10(8-12)3-5-11;/h2-7H,1H3;1H. The van der Waals surface area contributed by atoms with E-state index in [1.807, 2.05) is 29.8 Å². The van der Waals surface area contributed by atoms with Crippen molar-refractivity contribution in [3.63, 3.8) is 0 Å². The molecule has 0 amide bonds. The summed E-state index contributed by atoms with van der Waals surface area (Å²) in [5.41, 5.74) is 1.70. The summed E-state index contributed by atoms with van der Waals surface area (Å²) in [6.45, 7) is 1.94. The minimum absolute atomic E-state index is 0. The highest BCUT2D eigenvalue weighted by Crippen LogP contribution is 2.10. The molecule has 2 aromatic rings. The number of hydrogen-bond donors (Lipinski definition) is 0. The van der Waals surface area contributed by atoms with Crippen molar-refractivity contribution in [3.05, 3.63) is 48.0 Å². The smallest absolute Gasteiger partial charge is 0.110 e. The summed E-state index contributed by atoms with van der Waals surface area (Å²) in [4.78, 5) is 4.13. The lowest BCUT2D eigenvalue weighted by molar-refractivity contribution is 0.974. The van der Waals surface area contributed by atoms with Crippen LogP contribution in [-0.4, -0.2) is 9.55 Å². The minimum atomic E-state index is 0. The Morgan fingerprint density at radius 1 is 1.27 bits per heavy atom. The summed E-state index contributed by atoms with van der Waals surface area (Å²) in [5.74, 6) is 0.940. The fourth-order valence-corrected chi connectivity index (χ4v) is 1.35. The van der Waals surface area contributed by atoms with E-state index in [-0.39, 0.29) is 12.4 Å². The van der Waals surface area contributed by atoms with Crippen LogP contribution in [0.25, 0.3) is 5.69 Å². The van der Waals surface area contributed by atoms with Crippen molar-refractivity contribution in [1.29, 1.82) is 5.26 Å². The number of aryl methyl sites for hydroxylation is 1. The van der Waals surface area contributed by atoms with Gasteiger partial charge in [-0.05, 0) is 31.2 Å². The molecular formula is C11H10ClN3. The van der Waals surface area contributed by atoms with Crippen molar-refractivity contribution in [2.45, 2.75) is 6.92 Å². The molecule has 0 spiro atoms. The van der Waals surface area contributed by atoms with Gasteiger partial charge in [-0.3, -0.25) is 0 Å². The summed E-state index contributed by atoms with van der Waals surface area (Å²) in [6.07, 6.45) is 3.66. The van der Waals surface area contributed by atoms with E-state index in [0.717, 1.165) is 11.5 Å². The number of nitriles is 1. The Balaban J connectivity index is 0.00000112. The van der Waals surface area contributed by atoms with Gasteiger partial charge in [0.2, 0.25) is 0 Å². The van der Waals surface area contributed by atoms with Crippen LogP contribution in [-0.2, 0) is 0 Å². The molecular weight excluding hydrogens is 210 g/mol. The van der Waals surface area contributed by atoms with E-state index < -0.39 is 0 Å². The second-order valence-electron chi connectivity index (χ2n) is 3.00. The molecule has 15 heavy (non-hydrogen) atoms. The Morgan fingerprint density at radius 3 is 2.40 bits per heavy atom. The molecule has 4 heteroatoms. The third kappa shape index (κ3) is 2.17. The molecule has 1 heterocycles. The van der Waals surface area contributed by atoms with E-state index in [2.05, 4.69) is 11.1 Å². The van der Waals surface area contributed by atoms with Gasteiger partial charge in [0.05, 0.1) is 11.6 Å². The zero-order valence-corrected chi connectivity index (χ0v) is 9.03. The van der Waals surface area contributed by atoms with Crippen LogP contribution in [0, 0.1) is 18.3 Å². The van der Waals surface area contributed by atoms with Gasteiger partial charge in [-0.15, -0.1) is 12.4 Å². The highest BCUT2D eigenvalue weighted by molar-refractivity contribution is 5.85. The topological polar surface area (TPSA) is 41.6 Å². The van der Waals surface area contributed by atoms with Gasteiger partial charge in [-0.1, -0.05) is 0 Å². The number of benzene rings is 1. The molecule has 0 N–H and O–H groups in total. The van der Waals surface area contributed by atoms with E-state index in [1.165, 1.54) is 0 Å². The molecule has 1 aromatic heterocycles. The van der Waals surface area contributed by atoms with Crippen LogP contribution in [0.1, 0.15) is 11.4 Å². The maximum Gasteiger partial charge on any atom is 0.110 e. The summed E-state index contributed by atoms with van der Waals surface area (Å²) in [6, 6.07) is 9.51. The largest absolute Gasteiger partial charge is 0.304 e. The van der Waals surface area contributed by atoms with Crippen LogP contribution in [0.15, 0.2) is 36.7 Å². The molecule has 0 saturated heterocycles.